The first-order valence-electron chi connectivity index (χ1n) is 13.8. The fourth-order valence-electron chi connectivity index (χ4n) is 4.62. The molecule has 0 bridgehead atoms. The van der Waals surface area contributed by atoms with Gasteiger partial charge in [-0.05, 0) is 85.5 Å². The number of nitrogens with zero attached hydrogens (tertiary/aromatic N) is 1. The number of pyridine rings is 1. The van der Waals surface area contributed by atoms with Crippen LogP contribution in [0, 0.1) is 0 Å². The van der Waals surface area contributed by atoms with Crippen molar-refractivity contribution in [1.82, 2.24) is 15.6 Å². The highest BCUT2D eigenvalue weighted by molar-refractivity contribution is 5.77. The molecule has 3 aromatic rings. The number of unbranched alkanes of at least 4 members (excludes halogenated alkanes) is 1. The second-order valence-electron chi connectivity index (χ2n) is 9.55. The molecular formula is C32H41N3O5. The molecule has 8 nitrogen and oxygen atoms in total. The molecule has 0 aliphatic carbocycles. The SMILES string of the molecule is COc1cccc(CCc2c(CCNC(=O)CCCCC(=O)NCCc3ccncc3)ccc(OC)c2OC)c1. The lowest BCUT2D eigenvalue weighted by molar-refractivity contribution is -0.123. The van der Waals surface area contributed by atoms with Crippen molar-refractivity contribution in [2.75, 3.05) is 34.4 Å². The van der Waals surface area contributed by atoms with Crippen molar-refractivity contribution in [3.05, 3.63) is 83.2 Å². The average molecular weight is 548 g/mol. The van der Waals surface area contributed by atoms with E-state index in [1.807, 2.05) is 42.5 Å². The summed E-state index contributed by atoms with van der Waals surface area (Å²) >= 11 is 0. The zero-order valence-electron chi connectivity index (χ0n) is 23.8. The Bertz CT molecular complexity index is 1220. The molecule has 0 spiro atoms. The summed E-state index contributed by atoms with van der Waals surface area (Å²) in [6.45, 7) is 1.12. The Hall–Kier alpha value is -4.07. The van der Waals surface area contributed by atoms with E-state index in [0.29, 0.717) is 50.9 Å². The van der Waals surface area contributed by atoms with Gasteiger partial charge in [-0.25, -0.2) is 0 Å². The maximum absolute atomic E-state index is 12.4. The summed E-state index contributed by atoms with van der Waals surface area (Å²) in [4.78, 5) is 28.5. The molecule has 1 aromatic heterocycles. The Morgan fingerprint density at radius 3 is 2.08 bits per heavy atom. The van der Waals surface area contributed by atoms with E-state index in [2.05, 4.69) is 21.7 Å². The number of amides is 2. The van der Waals surface area contributed by atoms with Crippen molar-refractivity contribution in [2.24, 2.45) is 0 Å². The summed E-state index contributed by atoms with van der Waals surface area (Å²) in [5, 5.41) is 5.96. The van der Waals surface area contributed by atoms with Gasteiger partial charge in [0.05, 0.1) is 21.3 Å². The minimum absolute atomic E-state index is 0.00324. The quantitative estimate of drug-likeness (QED) is 0.242. The number of hydrogen-bond acceptors (Lipinski definition) is 6. The van der Waals surface area contributed by atoms with Crippen molar-refractivity contribution in [3.8, 4) is 17.2 Å². The number of methoxy groups -OCH3 is 3. The monoisotopic (exact) mass is 547 g/mol. The topological polar surface area (TPSA) is 98.8 Å². The lowest BCUT2D eigenvalue weighted by Crippen LogP contribution is -2.26. The van der Waals surface area contributed by atoms with Gasteiger partial charge in [-0.3, -0.25) is 14.6 Å². The van der Waals surface area contributed by atoms with Crippen molar-refractivity contribution in [2.45, 2.75) is 51.4 Å². The summed E-state index contributed by atoms with van der Waals surface area (Å²) in [6, 6.07) is 15.9. The van der Waals surface area contributed by atoms with E-state index in [9.17, 15) is 9.59 Å². The van der Waals surface area contributed by atoms with Crippen LogP contribution in [-0.2, 0) is 35.3 Å². The highest BCUT2D eigenvalue weighted by Gasteiger charge is 2.15. The molecule has 2 amide bonds. The van der Waals surface area contributed by atoms with Crippen molar-refractivity contribution in [3.63, 3.8) is 0 Å². The predicted molar refractivity (Wildman–Crippen MR) is 156 cm³/mol. The first-order valence-corrected chi connectivity index (χ1v) is 13.8. The molecule has 1 heterocycles. The second-order valence-corrected chi connectivity index (χ2v) is 9.55. The van der Waals surface area contributed by atoms with Gasteiger partial charge in [0.1, 0.15) is 5.75 Å². The number of aromatic nitrogens is 1. The fraction of sp³-hybridized carbons (Fsp3) is 0.406. The van der Waals surface area contributed by atoms with Crippen LogP contribution in [0.25, 0.3) is 0 Å². The van der Waals surface area contributed by atoms with Crippen molar-refractivity contribution < 1.29 is 23.8 Å². The molecular weight excluding hydrogens is 506 g/mol. The number of carbonyl (C=O) groups is 2. The van der Waals surface area contributed by atoms with Crippen molar-refractivity contribution >= 4 is 11.8 Å². The van der Waals surface area contributed by atoms with E-state index in [0.717, 1.165) is 47.5 Å². The molecule has 0 aliphatic heterocycles. The summed E-state index contributed by atoms with van der Waals surface area (Å²) in [7, 11) is 4.95. The number of nitrogens with one attached hydrogen (secondary N) is 2. The smallest absolute Gasteiger partial charge is 0.220 e. The van der Waals surface area contributed by atoms with Gasteiger partial charge in [0, 0.05) is 43.9 Å². The van der Waals surface area contributed by atoms with Crippen LogP contribution >= 0.6 is 0 Å². The predicted octanol–water partition coefficient (Wildman–Crippen LogP) is 4.47. The van der Waals surface area contributed by atoms with Crippen molar-refractivity contribution in [1.29, 1.82) is 0 Å². The molecule has 2 aromatic carbocycles. The summed E-state index contributed by atoms with van der Waals surface area (Å²) < 4.78 is 16.6. The van der Waals surface area contributed by atoms with E-state index < -0.39 is 0 Å². The molecule has 3 rings (SSSR count). The molecule has 0 saturated heterocycles. The van der Waals surface area contributed by atoms with Gasteiger partial charge in [0.2, 0.25) is 11.8 Å². The highest BCUT2D eigenvalue weighted by Crippen LogP contribution is 2.34. The molecule has 2 N–H and O–H groups in total. The minimum atomic E-state index is -0.00324. The Morgan fingerprint density at radius 1 is 0.725 bits per heavy atom. The average Bonchev–Trinajstić information content (AvgIpc) is 2.98. The molecule has 0 unspecified atom stereocenters. The van der Waals surface area contributed by atoms with Crippen LogP contribution in [0.2, 0.25) is 0 Å². The maximum atomic E-state index is 12.4. The van der Waals surface area contributed by atoms with Gasteiger partial charge >= 0.3 is 0 Å². The Kier molecular flexibility index (Phi) is 12.8. The van der Waals surface area contributed by atoms with Crippen LogP contribution < -0.4 is 24.8 Å². The number of hydrogen-bond donors (Lipinski definition) is 2. The standard InChI is InChI=1S/C32H41N3O5/c1-38-27-8-6-7-25(23-27)11-13-28-26(12-14-29(39-2)32(28)40-3)18-22-35-31(37)10-5-4-9-30(36)34-21-17-24-15-19-33-20-16-24/h6-8,12,14-16,19-20,23H,4-5,9-11,13,17-18,21-22H2,1-3H3,(H,34,36)(H,35,37). The lowest BCUT2D eigenvalue weighted by atomic mass is 9.96. The normalized spacial score (nSPS) is 10.6. The van der Waals surface area contributed by atoms with Gasteiger partial charge < -0.3 is 24.8 Å². The third-order valence-corrected chi connectivity index (χ3v) is 6.80. The molecule has 8 heteroatoms. The van der Waals surface area contributed by atoms with E-state index in [-0.39, 0.29) is 11.8 Å². The number of benzene rings is 2. The van der Waals surface area contributed by atoms with E-state index in [1.54, 1.807) is 33.7 Å². The zero-order chi connectivity index (χ0) is 28.6. The first-order chi connectivity index (χ1) is 19.5. The Morgan fingerprint density at radius 2 is 1.43 bits per heavy atom. The van der Waals surface area contributed by atoms with Gasteiger partial charge in [-0.15, -0.1) is 0 Å². The van der Waals surface area contributed by atoms with Crippen LogP contribution in [0.15, 0.2) is 60.9 Å². The van der Waals surface area contributed by atoms with E-state index >= 15 is 0 Å². The van der Waals surface area contributed by atoms with Crippen LogP contribution in [-0.4, -0.2) is 51.2 Å². The Balaban J connectivity index is 1.42. The molecule has 0 saturated carbocycles. The maximum Gasteiger partial charge on any atom is 0.220 e. The molecule has 0 aliphatic rings. The van der Waals surface area contributed by atoms with Gasteiger partial charge in [0.15, 0.2) is 11.5 Å². The summed E-state index contributed by atoms with van der Waals surface area (Å²) in [5.74, 6) is 2.27. The minimum Gasteiger partial charge on any atom is -0.497 e. The molecule has 40 heavy (non-hydrogen) atoms. The van der Waals surface area contributed by atoms with Crippen LogP contribution in [0.3, 0.4) is 0 Å². The highest BCUT2D eigenvalue weighted by atomic mass is 16.5. The second kappa shape index (κ2) is 16.8. The fourth-order valence-corrected chi connectivity index (χ4v) is 4.62. The largest absolute Gasteiger partial charge is 0.497 e. The lowest BCUT2D eigenvalue weighted by Gasteiger charge is -2.17. The summed E-state index contributed by atoms with van der Waals surface area (Å²) in [6.07, 6.45) is 8.71. The van der Waals surface area contributed by atoms with Gasteiger partial charge in [0.25, 0.3) is 0 Å². The van der Waals surface area contributed by atoms with Gasteiger partial charge in [-0.1, -0.05) is 18.2 Å². The molecule has 0 atom stereocenters. The van der Waals surface area contributed by atoms with Crippen LogP contribution in [0.1, 0.15) is 47.9 Å². The third-order valence-electron chi connectivity index (χ3n) is 6.80. The summed E-state index contributed by atoms with van der Waals surface area (Å²) in [5.41, 5.74) is 4.51. The molecule has 214 valence electrons. The molecule has 0 fully saturated rings. The molecule has 0 radical (unpaired) electrons. The van der Waals surface area contributed by atoms with Gasteiger partial charge in [-0.2, -0.15) is 0 Å². The number of rotatable bonds is 17. The zero-order valence-corrected chi connectivity index (χ0v) is 23.8. The Labute approximate surface area is 237 Å². The third kappa shape index (κ3) is 9.91. The number of aryl methyl sites for hydroxylation is 1. The van der Waals surface area contributed by atoms with E-state index in [1.165, 1.54) is 5.56 Å². The first kappa shape index (κ1) is 30.5. The van der Waals surface area contributed by atoms with Crippen LogP contribution in [0.5, 0.6) is 17.2 Å². The number of ether oxygens (including phenoxy) is 3. The number of carbonyl (C=O) groups excluding carboxylic acids is 2. The van der Waals surface area contributed by atoms with E-state index in [4.69, 9.17) is 14.2 Å². The van der Waals surface area contributed by atoms with Crippen LogP contribution in [0.4, 0.5) is 0 Å².